The van der Waals surface area contributed by atoms with Crippen molar-refractivity contribution >= 4 is 29.0 Å². The van der Waals surface area contributed by atoms with Gasteiger partial charge in [0.15, 0.2) is 0 Å². The first kappa shape index (κ1) is 17.5. The number of hydrogen-bond donors (Lipinski definition) is 2. The summed E-state index contributed by atoms with van der Waals surface area (Å²) in [6.07, 6.45) is 2.79. The zero-order valence-corrected chi connectivity index (χ0v) is 15.5. The standard InChI is InChI=1S/C17H23N5O2S/c1-12-5-11-25-14(12)15(23)22-9-6-17(7-10-22,16(24)18-2)20-13-4-8-19-21(13)3/h4-5,8,11,20H,6-7,9-10H2,1-3H3,(H,18,24). The van der Waals surface area contributed by atoms with E-state index in [0.29, 0.717) is 25.9 Å². The molecule has 1 aliphatic heterocycles. The van der Waals surface area contributed by atoms with Crippen LogP contribution in [0.1, 0.15) is 28.1 Å². The van der Waals surface area contributed by atoms with Crippen LogP contribution in [-0.2, 0) is 11.8 Å². The average Bonchev–Trinajstić information content (AvgIpc) is 3.22. The second-order valence-corrected chi connectivity index (χ2v) is 7.27. The summed E-state index contributed by atoms with van der Waals surface area (Å²) in [5, 5.41) is 12.2. The Morgan fingerprint density at radius 2 is 2.00 bits per heavy atom. The summed E-state index contributed by atoms with van der Waals surface area (Å²) in [6, 6.07) is 3.80. The van der Waals surface area contributed by atoms with Crippen molar-refractivity contribution in [3.63, 3.8) is 0 Å². The van der Waals surface area contributed by atoms with Crippen molar-refractivity contribution in [3.8, 4) is 0 Å². The van der Waals surface area contributed by atoms with E-state index in [0.717, 1.165) is 16.3 Å². The van der Waals surface area contributed by atoms with Gasteiger partial charge in [0, 0.05) is 33.3 Å². The molecule has 3 heterocycles. The SMILES string of the molecule is CNC(=O)C1(Nc2ccnn2C)CCN(C(=O)c2sccc2C)CC1. The number of aryl methyl sites for hydroxylation is 2. The number of hydrogen-bond acceptors (Lipinski definition) is 5. The third-order valence-electron chi connectivity index (χ3n) is 4.81. The summed E-state index contributed by atoms with van der Waals surface area (Å²) < 4.78 is 1.71. The van der Waals surface area contributed by atoms with Crippen LogP contribution in [0, 0.1) is 6.92 Å². The van der Waals surface area contributed by atoms with Gasteiger partial charge in [-0.1, -0.05) is 0 Å². The molecule has 2 aromatic heterocycles. The molecule has 2 N–H and O–H groups in total. The minimum absolute atomic E-state index is 0.0542. The molecule has 0 aromatic carbocycles. The molecular weight excluding hydrogens is 338 g/mol. The van der Waals surface area contributed by atoms with E-state index in [9.17, 15) is 9.59 Å². The molecule has 2 amide bonds. The topological polar surface area (TPSA) is 79.3 Å². The van der Waals surface area contributed by atoms with Crippen LogP contribution in [0.5, 0.6) is 0 Å². The smallest absolute Gasteiger partial charge is 0.264 e. The molecule has 0 radical (unpaired) electrons. The van der Waals surface area contributed by atoms with E-state index >= 15 is 0 Å². The molecule has 134 valence electrons. The highest BCUT2D eigenvalue weighted by atomic mass is 32.1. The van der Waals surface area contributed by atoms with Crippen molar-refractivity contribution in [1.29, 1.82) is 0 Å². The van der Waals surface area contributed by atoms with Gasteiger partial charge in [-0.2, -0.15) is 5.10 Å². The number of likely N-dealkylation sites (N-methyl/N-ethyl adjacent to an activating group) is 1. The van der Waals surface area contributed by atoms with E-state index < -0.39 is 5.54 Å². The number of thiophene rings is 1. The van der Waals surface area contributed by atoms with E-state index in [1.807, 2.05) is 36.4 Å². The van der Waals surface area contributed by atoms with Crippen molar-refractivity contribution in [2.24, 2.45) is 7.05 Å². The first-order valence-electron chi connectivity index (χ1n) is 8.28. The van der Waals surface area contributed by atoms with E-state index in [-0.39, 0.29) is 11.8 Å². The predicted molar refractivity (Wildman–Crippen MR) is 97.8 cm³/mol. The van der Waals surface area contributed by atoms with Crippen molar-refractivity contribution in [1.82, 2.24) is 20.0 Å². The Balaban J connectivity index is 1.76. The van der Waals surface area contributed by atoms with Gasteiger partial charge in [-0.05, 0) is 36.8 Å². The Kier molecular flexibility index (Phi) is 4.80. The van der Waals surface area contributed by atoms with Crippen LogP contribution in [0.25, 0.3) is 0 Å². The van der Waals surface area contributed by atoms with Crippen LogP contribution in [0.4, 0.5) is 5.82 Å². The number of nitrogens with zero attached hydrogens (tertiary/aromatic N) is 3. The summed E-state index contributed by atoms with van der Waals surface area (Å²) in [4.78, 5) is 27.9. The number of aromatic nitrogens is 2. The molecule has 0 unspecified atom stereocenters. The highest BCUT2D eigenvalue weighted by Crippen LogP contribution is 2.29. The van der Waals surface area contributed by atoms with E-state index in [1.54, 1.807) is 17.9 Å². The number of likely N-dealkylation sites (tertiary alicyclic amines) is 1. The van der Waals surface area contributed by atoms with Gasteiger partial charge in [0.25, 0.3) is 5.91 Å². The lowest BCUT2D eigenvalue weighted by atomic mass is 9.86. The van der Waals surface area contributed by atoms with Gasteiger partial charge in [0.2, 0.25) is 5.91 Å². The fourth-order valence-corrected chi connectivity index (χ4v) is 4.11. The fourth-order valence-electron chi connectivity index (χ4n) is 3.22. The second kappa shape index (κ2) is 6.87. The Morgan fingerprint density at radius 1 is 1.28 bits per heavy atom. The van der Waals surface area contributed by atoms with Crippen molar-refractivity contribution in [2.75, 3.05) is 25.5 Å². The third-order valence-corrected chi connectivity index (χ3v) is 5.81. The van der Waals surface area contributed by atoms with Gasteiger partial charge in [-0.3, -0.25) is 14.3 Å². The molecule has 0 spiro atoms. The molecule has 0 aliphatic carbocycles. The molecule has 8 heteroatoms. The minimum Gasteiger partial charge on any atom is -0.357 e. The van der Waals surface area contributed by atoms with Crippen LogP contribution in [0.3, 0.4) is 0 Å². The van der Waals surface area contributed by atoms with E-state index in [1.165, 1.54) is 11.3 Å². The van der Waals surface area contributed by atoms with Crippen molar-refractivity contribution < 1.29 is 9.59 Å². The van der Waals surface area contributed by atoms with Crippen molar-refractivity contribution in [2.45, 2.75) is 25.3 Å². The zero-order valence-electron chi connectivity index (χ0n) is 14.7. The molecule has 0 atom stereocenters. The predicted octanol–water partition coefficient (Wildman–Crippen LogP) is 1.62. The number of amides is 2. The summed E-state index contributed by atoms with van der Waals surface area (Å²) in [5.41, 5.74) is 0.273. The molecule has 0 saturated carbocycles. The number of rotatable bonds is 4. The maximum atomic E-state index is 12.7. The lowest BCUT2D eigenvalue weighted by molar-refractivity contribution is -0.126. The van der Waals surface area contributed by atoms with Gasteiger partial charge < -0.3 is 15.5 Å². The van der Waals surface area contributed by atoms with Gasteiger partial charge in [0.05, 0.1) is 11.1 Å². The van der Waals surface area contributed by atoms with E-state index in [4.69, 9.17) is 0 Å². The third kappa shape index (κ3) is 3.26. The molecule has 1 fully saturated rings. The van der Waals surface area contributed by atoms with Crippen molar-refractivity contribution in [3.05, 3.63) is 34.2 Å². The highest BCUT2D eigenvalue weighted by Gasteiger charge is 2.42. The van der Waals surface area contributed by atoms with Crippen LogP contribution >= 0.6 is 11.3 Å². The Bertz CT molecular complexity index is 774. The lowest BCUT2D eigenvalue weighted by Gasteiger charge is -2.41. The molecule has 1 saturated heterocycles. The first-order chi connectivity index (χ1) is 12.0. The molecule has 7 nitrogen and oxygen atoms in total. The summed E-state index contributed by atoms with van der Waals surface area (Å²) in [5.74, 6) is 0.782. The van der Waals surface area contributed by atoms with Gasteiger partial charge in [-0.25, -0.2) is 0 Å². The summed E-state index contributed by atoms with van der Waals surface area (Å²) in [6.45, 7) is 3.02. The minimum atomic E-state index is -0.732. The second-order valence-electron chi connectivity index (χ2n) is 6.35. The maximum Gasteiger partial charge on any atom is 0.264 e. The largest absolute Gasteiger partial charge is 0.357 e. The van der Waals surface area contributed by atoms with Crippen LogP contribution in [-0.4, -0.2) is 52.2 Å². The number of carbonyl (C=O) groups is 2. The molecular formula is C17H23N5O2S. The number of anilines is 1. The number of nitrogens with one attached hydrogen (secondary N) is 2. The Morgan fingerprint density at radius 3 is 2.52 bits per heavy atom. The van der Waals surface area contributed by atoms with Crippen LogP contribution in [0.2, 0.25) is 0 Å². The molecule has 0 bridgehead atoms. The quantitative estimate of drug-likeness (QED) is 0.867. The summed E-state index contributed by atoms with van der Waals surface area (Å²) in [7, 11) is 3.47. The number of carbonyl (C=O) groups excluding carboxylic acids is 2. The molecule has 3 rings (SSSR count). The normalized spacial score (nSPS) is 16.5. The highest BCUT2D eigenvalue weighted by molar-refractivity contribution is 7.12. The van der Waals surface area contributed by atoms with Gasteiger partial charge in [-0.15, -0.1) is 11.3 Å². The zero-order chi connectivity index (χ0) is 18.0. The Hall–Kier alpha value is -2.35. The first-order valence-corrected chi connectivity index (χ1v) is 9.16. The van der Waals surface area contributed by atoms with Crippen LogP contribution < -0.4 is 10.6 Å². The number of piperidine rings is 1. The molecule has 2 aromatic rings. The molecule has 25 heavy (non-hydrogen) atoms. The van der Waals surface area contributed by atoms with Gasteiger partial charge in [0.1, 0.15) is 11.4 Å². The maximum absolute atomic E-state index is 12.7. The van der Waals surface area contributed by atoms with Gasteiger partial charge >= 0.3 is 0 Å². The van der Waals surface area contributed by atoms with Crippen LogP contribution in [0.15, 0.2) is 23.7 Å². The monoisotopic (exact) mass is 361 g/mol. The Labute approximate surface area is 151 Å². The summed E-state index contributed by atoms with van der Waals surface area (Å²) >= 11 is 1.47. The lowest BCUT2D eigenvalue weighted by Crippen LogP contribution is -2.58. The fraction of sp³-hybridized carbons (Fsp3) is 0.471. The average molecular weight is 361 g/mol. The van der Waals surface area contributed by atoms with E-state index in [2.05, 4.69) is 15.7 Å². The molecule has 1 aliphatic rings.